The summed E-state index contributed by atoms with van der Waals surface area (Å²) in [4.78, 5) is 28.5. The van der Waals surface area contributed by atoms with Gasteiger partial charge in [0.15, 0.2) is 22.9 Å². The van der Waals surface area contributed by atoms with Crippen molar-refractivity contribution >= 4 is 66.8 Å². The molecule has 294 valence electrons. The SMILES string of the molecule is Cc1c(O)c(-c2ncc3cc(N4C[C@@H](C)N[C@@H](C5CN(c6cnc7nc(-c8cc(F)c9nn(C)cc9c8)cc(Cl)c7c6)C[C@H](C)N5)C4)cnc3n2)cc2cn(C)nc12. The van der Waals surface area contributed by atoms with Crippen LogP contribution in [0.2, 0.25) is 5.02 Å². The lowest BCUT2D eigenvalue weighted by molar-refractivity contribution is 0.272. The molecule has 2 aliphatic rings. The lowest BCUT2D eigenvalue weighted by atomic mass is 9.98. The number of piperazine rings is 2. The molecule has 58 heavy (non-hydrogen) atoms. The molecule has 0 amide bonds. The number of pyridine rings is 3. The predicted octanol–water partition coefficient (Wildman–Crippen LogP) is 5.92. The van der Waals surface area contributed by atoms with E-state index >= 15 is 0 Å². The third-order valence-electron chi connectivity index (χ3n) is 11.4. The molecule has 0 aliphatic carbocycles. The summed E-state index contributed by atoms with van der Waals surface area (Å²) < 4.78 is 18.3. The highest BCUT2D eigenvalue weighted by molar-refractivity contribution is 6.35. The third-order valence-corrected chi connectivity index (χ3v) is 11.7. The lowest BCUT2D eigenvalue weighted by Gasteiger charge is -2.47. The zero-order valence-corrected chi connectivity index (χ0v) is 33.4. The summed E-state index contributed by atoms with van der Waals surface area (Å²) in [6, 6.07) is 11.8. The van der Waals surface area contributed by atoms with Crippen molar-refractivity contribution in [3.05, 3.63) is 83.8 Å². The molecule has 2 aliphatic heterocycles. The molecule has 16 heteroatoms. The van der Waals surface area contributed by atoms with E-state index in [1.807, 2.05) is 44.7 Å². The summed E-state index contributed by atoms with van der Waals surface area (Å²) in [6.45, 7) is 9.41. The zero-order valence-electron chi connectivity index (χ0n) is 32.6. The van der Waals surface area contributed by atoms with Gasteiger partial charge in [0.05, 0.1) is 45.6 Å². The Balaban J connectivity index is 0.879. The average Bonchev–Trinajstić information content (AvgIpc) is 3.79. The Morgan fingerprint density at radius 3 is 2.07 bits per heavy atom. The molecule has 0 radical (unpaired) electrons. The highest BCUT2D eigenvalue weighted by atomic mass is 35.5. The molecule has 6 aromatic heterocycles. The molecular formula is C42H41ClFN13O. The Bertz CT molecular complexity index is 2930. The van der Waals surface area contributed by atoms with Crippen LogP contribution in [0.1, 0.15) is 19.4 Å². The topological polar surface area (TPSA) is 151 Å². The predicted molar refractivity (Wildman–Crippen MR) is 225 cm³/mol. The number of hydrogen-bond donors (Lipinski definition) is 3. The smallest absolute Gasteiger partial charge is 0.165 e. The van der Waals surface area contributed by atoms with E-state index in [-0.39, 0.29) is 29.9 Å². The number of fused-ring (bicyclic) bond motifs is 4. The van der Waals surface area contributed by atoms with Gasteiger partial charge in [0.25, 0.3) is 0 Å². The van der Waals surface area contributed by atoms with Crippen molar-refractivity contribution in [3.63, 3.8) is 0 Å². The minimum atomic E-state index is -0.409. The summed E-state index contributed by atoms with van der Waals surface area (Å²) in [5.74, 6) is 0.124. The van der Waals surface area contributed by atoms with Crippen LogP contribution in [0.4, 0.5) is 15.8 Å². The molecule has 8 aromatic rings. The Hall–Kier alpha value is -6.03. The summed E-state index contributed by atoms with van der Waals surface area (Å²) in [6.07, 6.45) is 9.21. The van der Waals surface area contributed by atoms with E-state index in [0.29, 0.717) is 55.4 Å². The third kappa shape index (κ3) is 6.39. The molecule has 2 saturated heterocycles. The first-order valence-electron chi connectivity index (χ1n) is 19.3. The number of benzene rings is 2. The second-order valence-electron chi connectivity index (χ2n) is 15.8. The van der Waals surface area contributed by atoms with Crippen LogP contribution >= 0.6 is 11.6 Å². The van der Waals surface area contributed by atoms with Gasteiger partial charge < -0.3 is 25.5 Å². The summed E-state index contributed by atoms with van der Waals surface area (Å²) in [5.41, 5.74) is 6.50. The number of nitrogens with zero attached hydrogens (tertiary/aromatic N) is 11. The van der Waals surface area contributed by atoms with E-state index in [2.05, 4.69) is 61.6 Å². The lowest BCUT2D eigenvalue weighted by Crippen LogP contribution is -2.68. The van der Waals surface area contributed by atoms with Crippen LogP contribution in [-0.2, 0) is 14.1 Å². The van der Waals surface area contributed by atoms with Gasteiger partial charge in [0.1, 0.15) is 11.3 Å². The van der Waals surface area contributed by atoms with Crippen LogP contribution in [0.5, 0.6) is 5.75 Å². The number of aromatic nitrogens is 9. The molecule has 0 bridgehead atoms. The largest absolute Gasteiger partial charge is 0.507 e. The van der Waals surface area contributed by atoms with Crippen LogP contribution in [0.15, 0.2) is 67.4 Å². The molecule has 0 spiro atoms. The van der Waals surface area contributed by atoms with E-state index < -0.39 is 5.82 Å². The maximum atomic E-state index is 14.9. The molecule has 10 rings (SSSR count). The second-order valence-corrected chi connectivity index (χ2v) is 16.3. The molecule has 2 fully saturated rings. The molecule has 2 aromatic carbocycles. The Morgan fingerprint density at radius 2 is 1.36 bits per heavy atom. The number of rotatable bonds is 5. The zero-order chi connectivity index (χ0) is 40.0. The van der Waals surface area contributed by atoms with E-state index in [4.69, 9.17) is 31.5 Å². The number of aromatic hydroxyl groups is 1. The first kappa shape index (κ1) is 36.3. The minimum Gasteiger partial charge on any atom is -0.507 e. The first-order valence-corrected chi connectivity index (χ1v) is 19.7. The number of hydrogen-bond acceptors (Lipinski definition) is 12. The number of aryl methyl sites for hydroxylation is 3. The van der Waals surface area contributed by atoms with Gasteiger partial charge >= 0.3 is 0 Å². The summed E-state index contributed by atoms with van der Waals surface area (Å²) >= 11 is 6.90. The molecular weight excluding hydrogens is 757 g/mol. The monoisotopic (exact) mass is 797 g/mol. The van der Waals surface area contributed by atoms with E-state index in [9.17, 15) is 9.50 Å². The van der Waals surface area contributed by atoms with Crippen LogP contribution in [-0.4, -0.2) is 99.9 Å². The maximum Gasteiger partial charge on any atom is 0.165 e. The highest BCUT2D eigenvalue weighted by Gasteiger charge is 2.35. The standard InChI is InChI=1S/C42H41ClFN13O/c1-21-15-56(28-7-25-12-45-42(51-40(25)46-13-28)31-8-27-18-54(4)52-37(27)23(3)39(31)58)19-35(48-21)36-20-57(16-22(2)49-36)29-10-30-32(43)11-34(50-41(30)47-14-29)24-6-26-17-55(5)53-38(26)33(44)9-24/h6-14,17-18,21-22,35-36,48-49,58H,15-16,19-20H2,1-5H3/t21-,22+,35-,36?/m1/s1. The molecule has 4 atom stereocenters. The fourth-order valence-corrected chi connectivity index (χ4v) is 8.94. The van der Waals surface area contributed by atoms with Gasteiger partial charge in [-0.3, -0.25) is 9.36 Å². The van der Waals surface area contributed by atoms with Crippen LogP contribution < -0.4 is 20.4 Å². The molecule has 1 unspecified atom stereocenters. The van der Waals surface area contributed by atoms with E-state index in [1.165, 1.54) is 6.07 Å². The van der Waals surface area contributed by atoms with Crippen molar-refractivity contribution in [2.24, 2.45) is 14.1 Å². The van der Waals surface area contributed by atoms with Gasteiger partial charge in [0, 0.05) is 116 Å². The van der Waals surface area contributed by atoms with Gasteiger partial charge in [0.2, 0.25) is 0 Å². The molecule has 14 nitrogen and oxygen atoms in total. The number of phenolic OH excluding ortho intramolecular Hbond substituents is 1. The molecule has 3 N–H and O–H groups in total. The second kappa shape index (κ2) is 13.8. The van der Waals surface area contributed by atoms with Gasteiger partial charge in [-0.05, 0) is 57.2 Å². The van der Waals surface area contributed by atoms with Gasteiger partial charge in [-0.25, -0.2) is 29.3 Å². The van der Waals surface area contributed by atoms with Crippen molar-refractivity contribution in [2.75, 3.05) is 36.0 Å². The van der Waals surface area contributed by atoms with Gasteiger partial charge in [-0.15, -0.1) is 0 Å². The van der Waals surface area contributed by atoms with Crippen LogP contribution in [0.25, 0.3) is 66.5 Å². The fraction of sp³-hybridized carbons (Fsp3) is 0.310. The van der Waals surface area contributed by atoms with Crippen molar-refractivity contribution in [1.82, 2.24) is 55.1 Å². The van der Waals surface area contributed by atoms with E-state index in [0.717, 1.165) is 59.2 Å². The number of phenols is 1. The number of nitrogens with one attached hydrogen (secondary N) is 2. The Morgan fingerprint density at radius 1 is 0.724 bits per heavy atom. The average molecular weight is 798 g/mol. The first-order chi connectivity index (χ1) is 27.9. The van der Waals surface area contributed by atoms with E-state index in [1.54, 1.807) is 34.9 Å². The van der Waals surface area contributed by atoms with Crippen molar-refractivity contribution in [1.29, 1.82) is 0 Å². The van der Waals surface area contributed by atoms with Gasteiger partial charge in [-0.2, -0.15) is 10.2 Å². The van der Waals surface area contributed by atoms with Crippen LogP contribution in [0, 0.1) is 12.7 Å². The highest BCUT2D eigenvalue weighted by Crippen LogP contribution is 2.36. The maximum absolute atomic E-state index is 14.9. The molecule has 0 saturated carbocycles. The van der Waals surface area contributed by atoms with Gasteiger partial charge in [-0.1, -0.05) is 11.6 Å². The fourth-order valence-electron chi connectivity index (χ4n) is 8.70. The van der Waals surface area contributed by atoms with Crippen molar-refractivity contribution in [3.8, 4) is 28.4 Å². The Kier molecular flexibility index (Phi) is 8.65. The number of halogens is 2. The normalized spacial score (nSPS) is 20.3. The van der Waals surface area contributed by atoms with Crippen LogP contribution in [0.3, 0.4) is 0 Å². The van der Waals surface area contributed by atoms with Crippen molar-refractivity contribution < 1.29 is 9.50 Å². The Labute approximate surface area is 337 Å². The molecule has 8 heterocycles. The number of anilines is 2. The summed E-state index contributed by atoms with van der Waals surface area (Å²) in [7, 11) is 3.63. The van der Waals surface area contributed by atoms with Crippen molar-refractivity contribution in [2.45, 2.75) is 44.9 Å². The quantitative estimate of drug-likeness (QED) is 0.190. The minimum absolute atomic E-state index is 0.119. The summed E-state index contributed by atoms with van der Waals surface area (Å²) in [5, 5.41) is 31.1.